The number of ether oxygens (including phenoxy) is 2. The van der Waals surface area contributed by atoms with Gasteiger partial charge in [0.05, 0.1) is 25.7 Å². The van der Waals surface area contributed by atoms with Crippen molar-refractivity contribution in [2.45, 2.75) is 13.5 Å². The SMILES string of the molecule is CCOc1ccc(NC(=NC)NCc2ccc(-n3ccnc3)c(F)c2)cc1OC.I. The number of nitrogens with zero attached hydrogens (tertiary/aromatic N) is 3. The summed E-state index contributed by atoms with van der Waals surface area (Å²) in [6.07, 6.45) is 4.88. The predicted molar refractivity (Wildman–Crippen MR) is 127 cm³/mol. The summed E-state index contributed by atoms with van der Waals surface area (Å²) in [4.78, 5) is 8.15. The standard InChI is InChI=1S/C21H24FN5O2.HI/c1-4-29-19-8-6-16(12-20(19)28-3)26-21(23-2)25-13-15-5-7-18(17(22)11-15)27-10-9-24-14-27;/h5-12,14H,4,13H2,1-3H3,(H2,23,25,26);1H. The second kappa shape index (κ2) is 11.4. The highest BCUT2D eigenvalue weighted by Gasteiger charge is 2.08. The molecule has 0 aliphatic heterocycles. The van der Waals surface area contributed by atoms with E-state index in [1.165, 1.54) is 6.07 Å². The first-order chi connectivity index (χ1) is 14.1. The molecule has 0 radical (unpaired) electrons. The van der Waals surface area contributed by atoms with Gasteiger partial charge in [-0.2, -0.15) is 0 Å². The van der Waals surface area contributed by atoms with E-state index in [0.717, 1.165) is 11.3 Å². The molecule has 3 aromatic rings. The Labute approximate surface area is 192 Å². The maximum absolute atomic E-state index is 14.4. The number of benzene rings is 2. The van der Waals surface area contributed by atoms with E-state index in [1.54, 1.807) is 43.5 Å². The number of rotatable bonds is 7. The lowest BCUT2D eigenvalue weighted by atomic mass is 10.2. The predicted octanol–water partition coefficient (Wildman–Crippen LogP) is 4.22. The van der Waals surface area contributed by atoms with Crippen LogP contribution in [0.3, 0.4) is 0 Å². The van der Waals surface area contributed by atoms with E-state index in [0.29, 0.717) is 36.3 Å². The molecule has 0 saturated heterocycles. The van der Waals surface area contributed by atoms with Crippen LogP contribution in [-0.4, -0.2) is 36.3 Å². The first-order valence-corrected chi connectivity index (χ1v) is 9.19. The molecule has 9 heteroatoms. The van der Waals surface area contributed by atoms with Crippen LogP contribution < -0.4 is 20.1 Å². The van der Waals surface area contributed by atoms with Gasteiger partial charge in [-0.3, -0.25) is 4.99 Å². The summed E-state index contributed by atoms with van der Waals surface area (Å²) in [5, 5.41) is 6.36. The third-order valence-corrected chi connectivity index (χ3v) is 4.20. The number of aromatic nitrogens is 2. The van der Waals surface area contributed by atoms with Gasteiger partial charge in [-0.15, -0.1) is 24.0 Å². The average Bonchev–Trinajstić information content (AvgIpc) is 3.26. The molecule has 3 rings (SSSR count). The fourth-order valence-corrected chi connectivity index (χ4v) is 2.79. The molecule has 7 nitrogen and oxygen atoms in total. The second-order valence-electron chi connectivity index (χ2n) is 6.11. The van der Waals surface area contributed by atoms with E-state index in [1.807, 2.05) is 31.2 Å². The summed E-state index contributed by atoms with van der Waals surface area (Å²) in [5.74, 6) is 1.54. The Kier molecular flexibility index (Phi) is 8.90. The molecular weight excluding hydrogens is 500 g/mol. The van der Waals surface area contributed by atoms with Gasteiger partial charge in [0.2, 0.25) is 0 Å². The first-order valence-electron chi connectivity index (χ1n) is 9.19. The average molecular weight is 525 g/mol. The lowest BCUT2D eigenvalue weighted by molar-refractivity contribution is 0.311. The van der Waals surface area contributed by atoms with Crippen LogP contribution in [0.1, 0.15) is 12.5 Å². The molecule has 2 N–H and O–H groups in total. The smallest absolute Gasteiger partial charge is 0.195 e. The molecule has 0 unspecified atom stereocenters. The minimum atomic E-state index is -0.318. The zero-order chi connectivity index (χ0) is 20.6. The molecule has 0 spiro atoms. The maximum atomic E-state index is 14.4. The molecule has 0 aliphatic rings. The van der Waals surface area contributed by atoms with E-state index in [-0.39, 0.29) is 29.8 Å². The summed E-state index contributed by atoms with van der Waals surface area (Å²) in [6, 6.07) is 10.6. The Morgan fingerprint density at radius 1 is 1.20 bits per heavy atom. The van der Waals surface area contributed by atoms with Gasteiger partial charge in [0, 0.05) is 37.7 Å². The lowest BCUT2D eigenvalue weighted by Gasteiger charge is -2.15. The van der Waals surface area contributed by atoms with Crippen molar-refractivity contribution in [3.63, 3.8) is 0 Å². The van der Waals surface area contributed by atoms with Crippen LogP contribution in [0.4, 0.5) is 10.1 Å². The first kappa shape index (κ1) is 23.5. The van der Waals surface area contributed by atoms with Crippen LogP contribution in [0.5, 0.6) is 11.5 Å². The van der Waals surface area contributed by atoms with E-state index in [4.69, 9.17) is 9.47 Å². The van der Waals surface area contributed by atoms with Crippen molar-refractivity contribution in [3.05, 3.63) is 66.5 Å². The van der Waals surface area contributed by atoms with E-state index < -0.39 is 0 Å². The molecule has 0 amide bonds. The zero-order valence-corrected chi connectivity index (χ0v) is 19.4. The number of methoxy groups -OCH3 is 1. The van der Waals surface area contributed by atoms with E-state index in [2.05, 4.69) is 20.6 Å². The topological polar surface area (TPSA) is 72.7 Å². The third kappa shape index (κ3) is 5.85. The Morgan fingerprint density at radius 2 is 2.03 bits per heavy atom. The number of imidazole rings is 1. The van der Waals surface area contributed by atoms with Gasteiger partial charge in [-0.1, -0.05) is 6.07 Å². The minimum absolute atomic E-state index is 0. The van der Waals surface area contributed by atoms with E-state index in [9.17, 15) is 4.39 Å². The quantitative estimate of drug-likeness (QED) is 0.275. The summed E-state index contributed by atoms with van der Waals surface area (Å²) in [5.41, 5.74) is 2.04. The summed E-state index contributed by atoms with van der Waals surface area (Å²) < 4.78 is 26.9. The van der Waals surface area contributed by atoms with Crippen molar-refractivity contribution in [2.75, 3.05) is 26.1 Å². The van der Waals surface area contributed by atoms with Crippen LogP contribution >= 0.6 is 24.0 Å². The molecule has 30 heavy (non-hydrogen) atoms. The van der Waals surface area contributed by atoms with Gasteiger partial charge < -0.3 is 24.7 Å². The Hall–Kier alpha value is -2.82. The number of nitrogens with one attached hydrogen (secondary N) is 2. The van der Waals surface area contributed by atoms with Crippen molar-refractivity contribution in [1.29, 1.82) is 0 Å². The highest BCUT2D eigenvalue weighted by atomic mass is 127. The second-order valence-corrected chi connectivity index (χ2v) is 6.11. The summed E-state index contributed by atoms with van der Waals surface area (Å²) in [6.45, 7) is 2.89. The lowest BCUT2D eigenvalue weighted by Crippen LogP contribution is -2.30. The van der Waals surface area contributed by atoms with E-state index >= 15 is 0 Å². The Bertz CT molecular complexity index is 980. The van der Waals surface area contributed by atoms with Crippen molar-refractivity contribution in [1.82, 2.24) is 14.9 Å². The Morgan fingerprint density at radius 3 is 2.67 bits per heavy atom. The molecule has 1 heterocycles. The van der Waals surface area contributed by atoms with Crippen LogP contribution in [0.15, 0.2) is 60.1 Å². The fourth-order valence-electron chi connectivity index (χ4n) is 2.79. The van der Waals surface area contributed by atoms with Crippen LogP contribution in [-0.2, 0) is 6.54 Å². The van der Waals surface area contributed by atoms with Crippen LogP contribution in [0.2, 0.25) is 0 Å². The van der Waals surface area contributed by atoms with Crippen molar-refractivity contribution in [3.8, 4) is 17.2 Å². The van der Waals surface area contributed by atoms with Crippen molar-refractivity contribution >= 4 is 35.6 Å². The number of guanidine groups is 1. The molecule has 2 aromatic carbocycles. The number of halogens is 2. The summed E-state index contributed by atoms with van der Waals surface area (Å²) >= 11 is 0. The molecule has 0 bridgehead atoms. The van der Waals surface area contributed by atoms with Gasteiger partial charge in [0.1, 0.15) is 5.82 Å². The molecule has 160 valence electrons. The minimum Gasteiger partial charge on any atom is -0.493 e. The highest BCUT2D eigenvalue weighted by Crippen LogP contribution is 2.30. The molecule has 1 aromatic heterocycles. The van der Waals surface area contributed by atoms with Gasteiger partial charge in [-0.05, 0) is 36.8 Å². The summed E-state index contributed by atoms with van der Waals surface area (Å²) in [7, 11) is 3.26. The zero-order valence-electron chi connectivity index (χ0n) is 17.1. The normalized spacial score (nSPS) is 10.9. The maximum Gasteiger partial charge on any atom is 0.195 e. The van der Waals surface area contributed by atoms with Crippen LogP contribution in [0.25, 0.3) is 5.69 Å². The molecular formula is C21H25FIN5O2. The highest BCUT2D eigenvalue weighted by molar-refractivity contribution is 14.0. The monoisotopic (exact) mass is 525 g/mol. The van der Waals surface area contributed by atoms with Gasteiger partial charge >= 0.3 is 0 Å². The number of anilines is 1. The van der Waals surface area contributed by atoms with Crippen LogP contribution in [0, 0.1) is 5.82 Å². The van der Waals surface area contributed by atoms with Crippen molar-refractivity contribution < 1.29 is 13.9 Å². The molecule has 0 aliphatic carbocycles. The van der Waals surface area contributed by atoms with Crippen molar-refractivity contribution in [2.24, 2.45) is 4.99 Å². The fraction of sp³-hybridized carbons (Fsp3) is 0.238. The van der Waals surface area contributed by atoms with Gasteiger partial charge in [0.15, 0.2) is 17.5 Å². The third-order valence-electron chi connectivity index (χ3n) is 4.20. The molecule has 0 saturated carbocycles. The van der Waals surface area contributed by atoms with Gasteiger partial charge in [-0.25, -0.2) is 9.37 Å². The molecule has 0 atom stereocenters. The number of hydrogen-bond donors (Lipinski definition) is 2. The molecule has 0 fully saturated rings. The number of aliphatic imine (C=N–C) groups is 1. The Balaban J connectivity index is 0.00000320. The van der Waals surface area contributed by atoms with Gasteiger partial charge in [0.25, 0.3) is 0 Å². The number of hydrogen-bond acceptors (Lipinski definition) is 4. The largest absolute Gasteiger partial charge is 0.493 e.